The van der Waals surface area contributed by atoms with E-state index in [4.69, 9.17) is 4.74 Å². The Morgan fingerprint density at radius 3 is 2.36 bits per heavy atom. The number of hydrogen-bond acceptors (Lipinski definition) is 4. The number of anilines is 3. The molecule has 8 heteroatoms. The Hall–Kier alpha value is -2.06. The fourth-order valence-corrected chi connectivity index (χ4v) is 3.42. The third kappa shape index (κ3) is 3.64. The van der Waals surface area contributed by atoms with Gasteiger partial charge in [-0.3, -0.25) is 14.4 Å². The molecule has 0 unspecified atom stereocenters. The summed E-state index contributed by atoms with van der Waals surface area (Å²) in [5.74, 6) is 0.229. The van der Waals surface area contributed by atoms with Crippen molar-refractivity contribution in [1.82, 2.24) is 0 Å². The maximum Gasteiger partial charge on any atom is 0.275 e. The SMILES string of the molecule is CC1(C)Oc2cc(NS(C)(=O)=O)ccc2N(c2ccc(Br)cc2)C1=O. The second kappa shape index (κ2) is 6.03. The van der Waals surface area contributed by atoms with Crippen molar-refractivity contribution in [3.8, 4) is 5.75 Å². The van der Waals surface area contributed by atoms with Crippen LogP contribution in [-0.2, 0) is 14.8 Å². The second-order valence-corrected chi connectivity index (χ2v) is 8.95. The van der Waals surface area contributed by atoms with Gasteiger partial charge in [-0.05, 0) is 50.2 Å². The number of nitrogens with zero attached hydrogens (tertiary/aromatic N) is 1. The number of rotatable bonds is 3. The van der Waals surface area contributed by atoms with Crippen molar-refractivity contribution in [2.75, 3.05) is 15.9 Å². The van der Waals surface area contributed by atoms with Crippen LogP contribution in [0.1, 0.15) is 13.8 Å². The van der Waals surface area contributed by atoms with Crippen LogP contribution in [0.2, 0.25) is 0 Å². The number of halogens is 1. The molecule has 0 aliphatic carbocycles. The third-order valence-corrected chi connectivity index (χ3v) is 4.81. The quantitative estimate of drug-likeness (QED) is 0.815. The molecule has 1 amide bonds. The van der Waals surface area contributed by atoms with Gasteiger partial charge in [0.05, 0.1) is 17.6 Å². The van der Waals surface area contributed by atoms with Crippen LogP contribution in [0.15, 0.2) is 46.9 Å². The molecule has 1 N–H and O–H groups in total. The Labute approximate surface area is 155 Å². The van der Waals surface area contributed by atoms with Crippen molar-refractivity contribution in [3.63, 3.8) is 0 Å². The highest BCUT2D eigenvalue weighted by molar-refractivity contribution is 9.10. The lowest BCUT2D eigenvalue weighted by Crippen LogP contribution is -2.50. The van der Waals surface area contributed by atoms with Gasteiger partial charge in [-0.2, -0.15) is 0 Å². The molecule has 0 atom stereocenters. The summed E-state index contributed by atoms with van der Waals surface area (Å²) in [6, 6.07) is 12.2. The number of amides is 1. The number of carbonyl (C=O) groups is 1. The van der Waals surface area contributed by atoms with Gasteiger partial charge in [0.1, 0.15) is 5.75 Å². The maximum atomic E-state index is 12.9. The van der Waals surface area contributed by atoms with Crippen LogP contribution in [0.25, 0.3) is 0 Å². The smallest absolute Gasteiger partial charge is 0.275 e. The average Bonchev–Trinajstić information content (AvgIpc) is 2.48. The number of carbonyl (C=O) groups excluding carboxylic acids is 1. The van der Waals surface area contributed by atoms with Crippen molar-refractivity contribution in [1.29, 1.82) is 0 Å². The number of ether oxygens (including phenoxy) is 1. The first kappa shape index (κ1) is 17.8. The van der Waals surface area contributed by atoms with Crippen molar-refractivity contribution < 1.29 is 17.9 Å². The van der Waals surface area contributed by atoms with Crippen molar-refractivity contribution in [2.24, 2.45) is 0 Å². The van der Waals surface area contributed by atoms with Crippen LogP contribution < -0.4 is 14.4 Å². The van der Waals surface area contributed by atoms with Gasteiger partial charge in [-0.15, -0.1) is 0 Å². The van der Waals surface area contributed by atoms with E-state index in [0.717, 1.165) is 10.7 Å². The lowest BCUT2D eigenvalue weighted by Gasteiger charge is -2.39. The van der Waals surface area contributed by atoms with Crippen LogP contribution in [0.4, 0.5) is 17.1 Å². The predicted molar refractivity (Wildman–Crippen MR) is 101 cm³/mol. The highest BCUT2D eigenvalue weighted by Gasteiger charge is 2.41. The van der Waals surface area contributed by atoms with Crippen LogP contribution >= 0.6 is 15.9 Å². The summed E-state index contributed by atoms with van der Waals surface area (Å²) in [6.07, 6.45) is 1.08. The predicted octanol–water partition coefficient (Wildman–Crippen LogP) is 3.66. The molecule has 132 valence electrons. The molecule has 1 heterocycles. The summed E-state index contributed by atoms with van der Waals surface area (Å²) < 4.78 is 32.0. The van der Waals surface area contributed by atoms with Gasteiger partial charge in [0.25, 0.3) is 5.91 Å². The number of benzene rings is 2. The number of fused-ring (bicyclic) bond motifs is 1. The summed E-state index contributed by atoms with van der Waals surface area (Å²) in [6.45, 7) is 3.36. The molecule has 6 nitrogen and oxygen atoms in total. The molecule has 0 fully saturated rings. The molecule has 0 bridgehead atoms. The number of sulfonamides is 1. The summed E-state index contributed by atoms with van der Waals surface area (Å²) in [7, 11) is -3.40. The maximum absolute atomic E-state index is 12.9. The number of nitrogens with one attached hydrogen (secondary N) is 1. The summed E-state index contributed by atoms with van der Waals surface area (Å²) >= 11 is 3.38. The average molecular weight is 425 g/mol. The van der Waals surface area contributed by atoms with Gasteiger partial charge in [0.15, 0.2) is 5.60 Å². The highest BCUT2D eigenvalue weighted by Crippen LogP contribution is 2.43. The molecule has 0 radical (unpaired) electrons. The largest absolute Gasteiger partial charge is 0.476 e. The lowest BCUT2D eigenvalue weighted by atomic mass is 10.0. The van der Waals surface area contributed by atoms with Gasteiger partial charge in [-0.25, -0.2) is 8.42 Å². The van der Waals surface area contributed by atoms with Gasteiger partial charge < -0.3 is 4.74 Å². The van der Waals surface area contributed by atoms with E-state index in [9.17, 15) is 13.2 Å². The molecule has 0 spiro atoms. The molecule has 0 aromatic heterocycles. The first-order valence-electron chi connectivity index (χ1n) is 7.48. The minimum atomic E-state index is -3.40. The standard InChI is InChI=1S/C17H17BrN2O4S/c1-17(2)16(21)20(13-7-4-11(18)5-8-13)14-9-6-12(10-15(14)24-17)19-25(3,22)23/h4-10,19H,1-3H3. The van der Waals surface area contributed by atoms with E-state index < -0.39 is 15.6 Å². The van der Waals surface area contributed by atoms with E-state index >= 15 is 0 Å². The summed E-state index contributed by atoms with van der Waals surface area (Å²) in [4.78, 5) is 14.5. The van der Waals surface area contributed by atoms with Crippen LogP contribution in [0, 0.1) is 0 Å². The zero-order valence-electron chi connectivity index (χ0n) is 13.9. The van der Waals surface area contributed by atoms with Crippen LogP contribution in [-0.4, -0.2) is 26.2 Å². The Kier molecular flexibility index (Phi) is 4.28. The van der Waals surface area contributed by atoms with Crippen molar-refractivity contribution in [3.05, 3.63) is 46.9 Å². The molecule has 0 saturated heterocycles. The Bertz CT molecular complexity index is 940. The van der Waals surface area contributed by atoms with Crippen LogP contribution in [0.3, 0.4) is 0 Å². The van der Waals surface area contributed by atoms with E-state index in [0.29, 0.717) is 22.8 Å². The summed E-state index contributed by atoms with van der Waals surface area (Å²) in [5, 5.41) is 0. The normalized spacial score (nSPS) is 16.2. The molecule has 25 heavy (non-hydrogen) atoms. The Balaban J connectivity index is 2.11. The van der Waals surface area contributed by atoms with Gasteiger partial charge in [0, 0.05) is 16.2 Å². The minimum absolute atomic E-state index is 0.203. The molecular weight excluding hydrogens is 408 g/mol. The van der Waals surface area contributed by atoms with E-state index in [1.54, 1.807) is 36.9 Å². The summed E-state index contributed by atoms with van der Waals surface area (Å²) in [5.41, 5.74) is 0.562. The van der Waals surface area contributed by atoms with Gasteiger partial charge in [-0.1, -0.05) is 15.9 Å². The fraction of sp³-hybridized carbons (Fsp3) is 0.235. The topological polar surface area (TPSA) is 75.7 Å². The first-order chi connectivity index (χ1) is 11.6. The Morgan fingerprint density at radius 2 is 1.76 bits per heavy atom. The highest BCUT2D eigenvalue weighted by atomic mass is 79.9. The minimum Gasteiger partial charge on any atom is -0.476 e. The molecule has 1 aliphatic heterocycles. The van der Waals surface area contributed by atoms with Gasteiger partial charge in [0.2, 0.25) is 10.0 Å². The first-order valence-corrected chi connectivity index (χ1v) is 10.2. The van der Waals surface area contributed by atoms with E-state index in [1.165, 1.54) is 0 Å². The molecule has 3 rings (SSSR count). The third-order valence-electron chi connectivity index (χ3n) is 3.67. The fourth-order valence-electron chi connectivity index (χ4n) is 2.60. The van der Waals surface area contributed by atoms with E-state index in [1.807, 2.05) is 24.3 Å². The number of hydrogen-bond donors (Lipinski definition) is 1. The second-order valence-electron chi connectivity index (χ2n) is 6.29. The van der Waals surface area contributed by atoms with Crippen molar-refractivity contribution >= 4 is 48.9 Å². The zero-order valence-corrected chi connectivity index (χ0v) is 16.3. The van der Waals surface area contributed by atoms with Crippen molar-refractivity contribution in [2.45, 2.75) is 19.4 Å². The molecular formula is C17H17BrN2O4S. The molecule has 2 aromatic carbocycles. The van der Waals surface area contributed by atoms with Crippen LogP contribution in [0.5, 0.6) is 5.75 Å². The molecule has 2 aromatic rings. The monoisotopic (exact) mass is 424 g/mol. The van der Waals surface area contributed by atoms with E-state index in [-0.39, 0.29) is 5.91 Å². The van der Waals surface area contributed by atoms with Gasteiger partial charge >= 0.3 is 0 Å². The lowest BCUT2D eigenvalue weighted by molar-refractivity contribution is -0.131. The van der Waals surface area contributed by atoms with E-state index in [2.05, 4.69) is 20.7 Å². The molecule has 1 aliphatic rings. The zero-order chi connectivity index (χ0) is 18.4. The Morgan fingerprint density at radius 1 is 1.12 bits per heavy atom. The molecule has 0 saturated carbocycles.